The maximum absolute atomic E-state index is 4.31. The van der Waals surface area contributed by atoms with Crippen molar-refractivity contribution < 1.29 is 0 Å². The average molecular weight is 184 g/mol. The van der Waals surface area contributed by atoms with Gasteiger partial charge in [-0.25, -0.2) is 0 Å². The van der Waals surface area contributed by atoms with E-state index in [9.17, 15) is 0 Å². The second-order valence-electron chi connectivity index (χ2n) is 3.84. The molecule has 0 saturated carbocycles. The fraction of sp³-hybridized carbons (Fsp3) is 0.250. The van der Waals surface area contributed by atoms with Crippen LogP contribution in [0.25, 0.3) is 6.08 Å². The van der Waals surface area contributed by atoms with Crippen molar-refractivity contribution in [2.24, 2.45) is 5.92 Å². The summed E-state index contributed by atoms with van der Waals surface area (Å²) in [5, 5.41) is 3.38. The van der Waals surface area contributed by atoms with Crippen molar-refractivity contribution >= 4 is 6.08 Å². The number of hydrogen-bond acceptors (Lipinski definition) is 2. The Morgan fingerprint density at radius 2 is 2.29 bits per heavy atom. The minimum atomic E-state index is 0.427. The standard InChI is InChI=1S/C12H12N2/c1-8-10-3-2-9-4-6-14-12(9)11(10)5-7-13-8/h2-7,9,12,14H,1H3. The third-order valence-corrected chi connectivity index (χ3v) is 3.02. The molecule has 2 heterocycles. The number of fused-ring (bicyclic) bond motifs is 3. The molecule has 1 aliphatic carbocycles. The van der Waals surface area contributed by atoms with Gasteiger partial charge >= 0.3 is 0 Å². The summed E-state index contributed by atoms with van der Waals surface area (Å²) in [6.45, 7) is 2.06. The van der Waals surface area contributed by atoms with Crippen LogP contribution in [0.4, 0.5) is 0 Å². The molecule has 0 aromatic carbocycles. The van der Waals surface area contributed by atoms with E-state index in [1.165, 1.54) is 11.1 Å². The van der Waals surface area contributed by atoms with Crippen molar-refractivity contribution in [3.8, 4) is 0 Å². The Bertz CT molecular complexity index is 432. The molecule has 0 saturated heterocycles. The molecular weight excluding hydrogens is 172 g/mol. The Balaban J connectivity index is 2.18. The predicted molar refractivity (Wildman–Crippen MR) is 56.5 cm³/mol. The number of hydrogen-bond donors (Lipinski definition) is 1. The van der Waals surface area contributed by atoms with Gasteiger partial charge in [-0.3, -0.25) is 4.98 Å². The smallest absolute Gasteiger partial charge is 0.0613 e. The SMILES string of the molecule is Cc1nccc2c1C=CC1C=CNC21. The van der Waals surface area contributed by atoms with Gasteiger partial charge in [-0.1, -0.05) is 18.2 Å². The molecule has 1 N–H and O–H groups in total. The van der Waals surface area contributed by atoms with Gasteiger partial charge < -0.3 is 5.32 Å². The Morgan fingerprint density at radius 3 is 3.21 bits per heavy atom. The van der Waals surface area contributed by atoms with Crippen LogP contribution in [0.1, 0.15) is 22.9 Å². The molecule has 0 amide bonds. The Morgan fingerprint density at radius 1 is 1.36 bits per heavy atom. The minimum absolute atomic E-state index is 0.427. The highest BCUT2D eigenvalue weighted by Gasteiger charge is 2.27. The van der Waals surface area contributed by atoms with Crippen molar-refractivity contribution in [2.45, 2.75) is 13.0 Å². The normalized spacial score (nSPS) is 26.9. The maximum atomic E-state index is 4.31. The van der Waals surface area contributed by atoms with E-state index in [-0.39, 0.29) is 0 Å². The molecule has 0 radical (unpaired) electrons. The summed E-state index contributed by atoms with van der Waals surface area (Å²) in [4.78, 5) is 4.31. The summed E-state index contributed by atoms with van der Waals surface area (Å²) < 4.78 is 0. The van der Waals surface area contributed by atoms with Crippen molar-refractivity contribution in [3.05, 3.63) is 47.4 Å². The van der Waals surface area contributed by atoms with Crippen LogP contribution in [0.15, 0.2) is 30.6 Å². The molecule has 3 rings (SSSR count). The number of aryl methyl sites for hydroxylation is 1. The van der Waals surface area contributed by atoms with Crippen molar-refractivity contribution in [1.29, 1.82) is 0 Å². The highest BCUT2D eigenvalue weighted by Crippen LogP contribution is 2.36. The lowest BCUT2D eigenvalue weighted by Crippen LogP contribution is -2.20. The van der Waals surface area contributed by atoms with E-state index < -0.39 is 0 Å². The average Bonchev–Trinajstić information content (AvgIpc) is 2.66. The summed E-state index contributed by atoms with van der Waals surface area (Å²) in [6.07, 6.45) is 10.6. The molecule has 2 atom stereocenters. The molecule has 70 valence electrons. The van der Waals surface area contributed by atoms with Crippen LogP contribution in [0.3, 0.4) is 0 Å². The zero-order valence-corrected chi connectivity index (χ0v) is 8.07. The van der Waals surface area contributed by atoms with E-state index in [0.717, 1.165) is 5.69 Å². The third-order valence-electron chi connectivity index (χ3n) is 3.02. The molecule has 0 fully saturated rings. The minimum Gasteiger partial charge on any atom is -0.383 e. The van der Waals surface area contributed by atoms with Gasteiger partial charge in [0.1, 0.15) is 0 Å². The molecule has 0 spiro atoms. The second-order valence-corrected chi connectivity index (χ2v) is 3.84. The van der Waals surface area contributed by atoms with E-state index in [1.807, 2.05) is 12.4 Å². The fourth-order valence-electron chi connectivity index (χ4n) is 2.26. The third kappa shape index (κ3) is 0.939. The molecule has 1 aromatic rings. The van der Waals surface area contributed by atoms with Gasteiger partial charge in [-0.05, 0) is 24.8 Å². The first kappa shape index (κ1) is 7.80. The summed E-state index contributed by atoms with van der Waals surface area (Å²) in [5.74, 6) is 0.518. The Kier molecular flexibility index (Phi) is 1.51. The summed E-state index contributed by atoms with van der Waals surface area (Å²) in [5.41, 5.74) is 3.77. The number of nitrogens with one attached hydrogen (secondary N) is 1. The monoisotopic (exact) mass is 184 g/mol. The van der Waals surface area contributed by atoms with Crippen LogP contribution in [-0.2, 0) is 0 Å². The van der Waals surface area contributed by atoms with Gasteiger partial charge in [0.2, 0.25) is 0 Å². The highest BCUT2D eigenvalue weighted by molar-refractivity contribution is 5.61. The van der Waals surface area contributed by atoms with Crippen LogP contribution in [0, 0.1) is 12.8 Å². The van der Waals surface area contributed by atoms with Crippen molar-refractivity contribution in [3.63, 3.8) is 0 Å². The molecule has 2 heteroatoms. The topological polar surface area (TPSA) is 24.9 Å². The van der Waals surface area contributed by atoms with Crippen LogP contribution in [0.2, 0.25) is 0 Å². The van der Waals surface area contributed by atoms with Gasteiger partial charge in [0.15, 0.2) is 0 Å². The molecule has 2 aliphatic rings. The van der Waals surface area contributed by atoms with E-state index in [0.29, 0.717) is 12.0 Å². The molecule has 2 unspecified atom stereocenters. The van der Waals surface area contributed by atoms with E-state index in [1.54, 1.807) is 0 Å². The van der Waals surface area contributed by atoms with Crippen molar-refractivity contribution in [1.82, 2.24) is 10.3 Å². The number of pyridine rings is 1. The van der Waals surface area contributed by atoms with E-state index in [4.69, 9.17) is 0 Å². The largest absolute Gasteiger partial charge is 0.383 e. The number of aromatic nitrogens is 1. The van der Waals surface area contributed by atoms with Crippen molar-refractivity contribution in [2.75, 3.05) is 0 Å². The first-order chi connectivity index (χ1) is 6.86. The summed E-state index contributed by atoms with van der Waals surface area (Å²) in [7, 11) is 0. The maximum Gasteiger partial charge on any atom is 0.0613 e. The van der Waals surface area contributed by atoms with E-state index in [2.05, 4.69) is 41.5 Å². The molecule has 0 bridgehead atoms. The second kappa shape index (κ2) is 2.71. The van der Waals surface area contributed by atoms with E-state index >= 15 is 0 Å². The number of nitrogens with zero attached hydrogens (tertiary/aromatic N) is 1. The first-order valence-electron chi connectivity index (χ1n) is 4.93. The van der Waals surface area contributed by atoms with Gasteiger partial charge in [0, 0.05) is 23.4 Å². The number of rotatable bonds is 0. The lowest BCUT2D eigenvalue weighted by molar-refractivity contribution is 0.574. The van der Waals surface area contributed by atoms with Crippen LogP contribution in [0.5, 0.6) is 0 Å². The lowest BCUT2D eigenvalue weighted by atomic mass is 9.86. The predicted octanol–water partition coefficient (Wildman–Crippen LogP) is 2.19. The fourth-order valence-corrected chi connectivity index (χ4v) is 2.26. The molecule has 2 nitrogen and oxygen atoms in total. The van der Waals surface area contributed by atoms with Gasteiger partial charge in [0.05, 0.1) is 6.04 Å². The summed E-state index contributed by atoms with van der Waals surface area (Å²) >= 11 is 0. The van der Waals surface area contributed by atoms with Gasteiger partial charge in [-0.15, -0.1) is 0 Å². The van der Waals surface area contributed by atoms with Crippen LogP contribution in [-0.4, -0.2) is 4.98 Å². The lowest BCUT2D eigenvalue weighted by Gasteiger charge is -2.24. The van der Waals surface area contributed by atoms with Crippen LogP contribution >= 0.6 is 0 Å². The molecular formula is C12H12N2. The zero-order chi connectivity index (χ0) is 9.54. The van der Waals surface area contributed by atoms with Gasteiger partial charge in [0.25, 0.3) is 0 Å². The van der Waals surface area contributed by atoms with Crippen LogP contribution < -0.4 is 5.32 Å². The Hall–Kier alpha value is -1.57. The molecule has 14 heavy (non-hydrogen) atoms. The first-order valence-corrected chi connectivity index (χ1v) is 4.93. The quantitative estimate of drug-likeness (QED) is 0.668. The Labute approximate surface area is 83.4 Å². The van der Waals surface area contributed by atoms with Gasteiger partial charge in [-0.2, -0.15) is 0 Å². The zero-order valence-electron chi connectivity index (χ0n) is 8.07. The summed E-state index contributed by atoms with van der Waals surface area (Å²) in [6, 6.07) is 2.54. The highest BCUT2D eigenvalue weighted by atomic mass is 14.9. The molecule has 1 aliphatic heterocycles. The molecule has 1 aromatic heterocycles.